The van der Waals surface area contributed by atoms with Crippen molar-refractivity contribution in [2.24, 2.45) is 5.41 Å². The van der Waals surface area contributed by atoms with Crippen molar-refractivity contribution in [1.82, 2.24) is 20.1 Å². The number of nitrogens with zero attached hydrogens (tertiary/aromatic N) is 3. The molecule has 1 spiro atoms. The number of piperidine rings is 1. The highest BCUT2D eigenvalue weighted by Crippen LogP contribution is 2.39. The molecule has 4 rings (SSSR count). The summed E-state index contributed by atoms with van der Waals surface area (Å²) in [5.41, 5.74) is 0.105. The second kappa shape index (κ2) is 10.9. The lowest BCUT2D eigenvalue weighted by Crippen LogP contribution is -2.59. The molecule has 37 heavy (non-hydrogen) atoms. The van der Waals surface area contributed by atoms with Crippen molar-refractivity contribution in [3.63, 3.8) is 0 Å². The van der Waals surface area contributed by atoms with Crippen molar-refractivity contribution in [1.29, 1.82) is 0 Å². The standard InChI is InChI=1S/C28H36N4O5/c1-27(2,3)17-24(33)31-15-12-28(13-16-31)32(26(35)20-8-10-22(36-4)11-9-20)23(19-37-28)25(34)30-18-21-7-5-6-14-29-21/h5-11,14,23H,12-13,15-19H2,1-4H3,(H,30,34)/t23-/m0/s1. The highest BCUT2D eigenvalue weighted by molar-refractivity contribution is 5.98. The quantitative estimate of drug-likeness (QED) is 0.644. The number of methoxy groups -OCH3 is 1. The van der Waals surface area contributed by atoms with Crippen molar-refractivity contribution in [2.75, 3.05) is 26.8 Å². The summed E-state index contributed by atoms with van der Waals surface area (Å²) < 4.78 is 11.5. The first-order chi connectivity index (χ1) is 17.6. The summed E-state index contributed by atoms with van der Waals surface area (Å²) in [5.74, 6) is 0.153. The van der Waals surface area contributed by atoms with E-state index in [0.717, 1.165) is 5.69 Å². The van der Waals surface area contributed by atoms with E-state index in [2.05, 4.69) is 10.3 Å². The molecule has 2 aliphatic heterocycles. The van der Waals surface area contributed by atoms with E-state index in [1.807, 2.05) is 43.9 Å². The van der Waals surface area contributed by atoms with Crippen LogP contribution >= 0.6 is 0 Å². The monoisotopic (exact) mass is 508 g/mol. The van der Waals surface area contributed by atoms with E-state index >= 15 is 0 Å². The number of likely N-dealkylation sites (tertiary alicyclic amines) is 1. The largest absolute Gasteiger partial charge is 0.497 e. The number of carbonyl (C=O) groups excluding carboxylic acids is 3. The minimum atomic E-state index is -0.956. The lowest BCUT2D eigenvalue weighted by molar-refractivity contribution is -0.145. The molecule has 9 heteroatoms. The third-order valence-corrected chi connectivity index (χ3v) is 6.87. The van der Waals surface area contributed by atoms with E-state index in [-0.39, 0.29) is 36.3 Å². The molecule has 1 aromatic carbocycles. The Balaban J connectivity index is 1.54. The number of ether oxygens (including phenoxy) is 2. The van der Waals surface area contributed by atoms with Crippen LogP contribution in [0.1, 0.15) is 56.1 Å². The summed E-state index contributed by atoms with van der Waals surface area (Å²) in [5, 5.41) is 2.91. The Bertz CT molecular complexity index is 1110. The zero-order valence-electron chi connectivity index (χ0n) is 22.0. The normalized spacial score (nSPS) is 19.1. The van der Waals surface area contributed by atoms with E-state index in [9.17, 15) is 14.4 Å². The van der Waals surface area contributed by atoms with Gasteiger partial charge in [0, 0.05) is 44.1 Å². The zero-order valence-corrected chi connectivity index (χ0v) is 22.0. The van der Waals surface area contributed by atoms with Gasteiger partial charge in [-0.15, -0.1) is 0 Å². The fraction of sp³-hybridized carbons (Fsp3) is 0.500. The molecule has 2 aromatic rings. The van der Waals surface area contributed by atoms with E-state index in [0.29, 0.717) is 43.7 Å². The Morgan fingerprint density at radius 1 is 1.11 bits per heavy atom. The number of pyridine rings is 1. The molecule has 2 aliphatic rings. The van der Waals surface area contributed by atoms with Crippen LogP contribution in [-0.2, 0) is 20.9 Å². The molecule has 2 saturated heterocycles. The molecule has 1 aromatic heterocycles. The minimum Gasteiger partial charge on any atom is -0.497 e. The third kappa shape index (κ3) is 6.10. The number of carbonyl (C=O) groups is 3. The van der Waals surface area contributed by atoms with Gasteiger partial charge in [-0.1, -0.05) is 26.8 Å². The molecule has 2 fully saturated rings. The molecular formula is C28H36N4O5. The van der Waals surface area contributed by atoms with Gasteiger partial charge in [-0.05, 0) is 41.8 Å². The molecular weight excluding hydrogens is 472 g/mol. The second-order valence-corrected chi connectivity index (χ2v) is 10.8. The van der Waals surface area contributed by atoms with Crippen molar-refractivity contribution in [2.45, 2.75) is 58.3 Å². The first-order valence-corrected chi connectivity index (χ1v) is 12.7. The fourth-order valence-corrected chi connectivity index (χ4v) is 4.91. The van der Waals surface area contributed by atoms with Crippen LogP contribution in [0, 0.1) is 5.41 Å². The molecule has 1 atom stereocenters. The van der Waals surface area contributed by atoms with Crippen LogP contribution in [0.3, 0.4) is 0 Å². The Morgan fingerprint density at radius 2 is 1.81 bits per heavy atom. The molecule has 3 amide bonds. The smallest absolute Gasteiger partial charge is 0.256 e. The SMILES string of the molecule is COc1ccc(C(=O)N2[C@H](C(=O)NCc3ccccn3)COC23CCN(C(=O)CC(C)(C)C)CC3)cc1. The van der Waals surface area contributed by atoms with Crippen LogP contribution in [0.4, 0.5) is 0 Å². The molecule has 198 valence electrons. The van der Waals surface area contributed by atoms with Gasteiger partial charge < -0.3 is 19.7 Å². The number of hydrogen-bond donors (Lipinski definition) is 1. The molecule has 0 radical (unpaired) electrons. The van der Waals surface area contributed by atoms with Gasteiger partial charge in [0.2, 0.25) is 11.8 Å². The molecule has 0 aliphatic carbocycles. The molecule has 0 unspecified atom stereocenters. The average molecular weight is 509 g/mol. The van der Waals surface area contributed by atoms with Gasteiger partial charge in [-0.3, -0.25) is 24.3 Å². The van der Waals surface area contributed by atoms with Crippen LogP contribution in [-0.4, -0.2) is 71.1 Å². The van der Waals surface area contributed by atoms with Gasteiger partial charge in [0.15, 0.2) is 0 Å². The maximum atomic E-state index is 13.8. The van der Waals surface area contributed by atoms with Crippen molar-refractivity contribution in [3.8, 4) is 5.75 Å². The summed E-state index contributed by atoms with van der Waals surface area (Å²) in [6.07, 6.45) is 3.00. The van der Waals surface area contributed by atoms with E-state index < -0.39 is 11.8 Å². The highest BCUT2D eigenvalue weighted by atomic mass is 16.5. The average Bonchev–Trinajstić information content (AvgIpc) is 3.25. The van der Waals surface area contributed by atoms with Gasteiger partial charge in [0.25, 0.3) is 5.91 Å². The highest BCUT2D eigenvalue weighted by Gasteiger charge is 2.54. The number of hydrogen-bond acceptors (Lipinski definition) is 6. The van der Waals surface area contributed by atoms with Crippen molar-refractivity contribution < 1.29 is 23.9 Å². The summed E-state index contributed by atoms with van der Waals surface area (Å²) in [6, 6.07) is 11.5. The lowest BCUT2D eigenvalue weighted by atomic mass is 9.90. The number of amides is 3. The van der Waals surface area contributed by atoms with Crippen molar-refractivity contribution >= 4 is 17.7 Å². The second-order valence-electron chi connectivity index (χ2n) is 10.8. The predicted molar refractivity (Wildman–Crippen MR) is 138 cm³/mol. The molecule has 0 bridgehead atoms. The summed E-state index contributed by atoms with van der Waals surface area (Å²) >= 11 is 0. The maximum Gasteiger partial charge on any atom is 0.256 e. The molecule has 3 heterocycles. The van der Waals surface area contributed by atoms with Gasteiger partial charge in [0.05, 0.1) is 26.0 Å². The molecule has 9 nitrogen and oxygen atoms in total. The summed E-state index contributed by atoms with van der Waals surface area (Å²) in [6.45, 7) is 7.39. The Hall–Kier alpha value is -3.46. The first-order valence-electron chi connectivity index (χ1n) is 12.7. The van der Waals surface area contributed by atoms with Crippen LogP contribution in [0.15, 0.2) is 48.7 Å². The van der Waals surface area contributed by atoms with Crippen LogP contribution in [0.5, 0.6) is 5.75 Å². The van der Waals surface area contributed by atoms with Crippen LogP contribution in [0.2, 0.25) is 0 Å². The van der Waals surface area contributed by atoms with Gasteiger partial charge in [0.1, 0.15) is 17.5 Å². The summed E-state index contributed by atoms with van der Waals surface area (Å²) in [7, 11) is 1.57. The van der Waals surface area contributed by atoms with Gasteiger partial charge in [-0.2, -0.15) is 0 Å². The zero-order chi connectivity index (χ0) is 26.6. The lowest BCUT2D eigenvalue weighted by Gasteiger charge is -2.44. The number of rotatable bonds is 6. The van der Waals surface area contributed by atoms with E-state index in [4.69, 9.17) is 9.47 Å². The minimum absolute atomic E-state index is 0.0892. The maximum absolute atomic E-state index is 13.8. The van der Waals surface area contributed by atoms with Crippen LogP contribution in [0.25, 0.3) is 0 Å². The summed E-state index contributed by atoms with van der Waals surface area (Å²) in [4.78, 5) is 47.7. The molecule has 1 N–H and O–H groups in total. The molecule has 0 saturated carbocycles. The van der Waals surface area contributed by atoms with Gasteiger partial charge >= 0.3 is 0 Å². The topological polar surface area (TPSA) is 101 Å². The first kappa shape index (κ1) is 26.6. The van der Waals surface area contributed by atoms with Crippen LogP contribution < -0.4 is 10.1 Å². The van der Waals surface area contributed by atoms with Crippen molar-refractivity contribution in [3.05, 3.63) is 59.9 Å². The number of aromatic nitrogens is 1. The predicted octanol–water partition coefficient (Wildman–Crippen LogP) is 3.00. The number of nitrogens with one attached hydrogen (secondary N) is 1. The Morgan fingerprint density at radius 3 is 2.41 bits per heavy atom. The van der Waals surface area contributed by atoms with E-state index in [1.54, 1.807) is 42.5 Å². The Kier molecular flexibility index (Phi) is 7.82. The Labute approximate surface area is 218 Å². The van der Waals surface area contributed by atoms with Gasteiger partial charge in [-0.25, -0.2) is 0 Å². The van der Waals surface area contributed by atoms with E-state index in [1.165, 1.54) is 0 Å². The number of benzene rings is 1. The third-order valence-electron chi connectivity index (χ3n) is 6.87. The fourth-order valence-electron chi connectivity index (χ4n) is 4.91.